The van der Waals surface area contributed by atoms with E-state index in [-0.39, 0.29) is 5.78 Å². The van der Waals surface area contributed by atoms with Crippen LogP contribution in [0.2, 0.25) is 0 Å². The van der Waals surface area contributed by atoms with Crippen LogP contribution in [0.5, 0.6) is 0 Å². The van der Waals surface area contributed by atoms with Crippen LogP contribution in [-0.2, 0) is 9.53 Å². The zero-order valence-electron chi connectivity index (χ0n) is 9.64. The number of ether oxygens (including phenoxy) is 1. The van der Waals surface area contributed by atoms with E-state index < -0.39 is 5.60 Å². The van der Waals surface area contributed by atoms with Gasteiger partial charge in [0.05, 0.1) is 0 Å². The quantitative estimate of drug-likeness (QED) is 0.610. The standard InChI is InChI=1S/C12H20O2/c1-5-8-9-10-11(13)12(6-2,7-3)14-4/h6-7,9-10H2,1-4H3. The van der Waals surface area contributed by atoms with Crippen LogP contribution < -0.4 is 0 Å². The predicted molar refractivity (Wildman–Crippen MR) is 58.0 cm³/mol. The summed E-state index contributed by atoms with van der Waals surface area (Å²) in [7, 11) is 1.61. The minimum absolute atomic E-state index is 0.174. The summed E-state index contributed by atoms with van der Waals surface area (Å²) in [6, 6.07) is 0. The van der Waals surface area contributed by atoms with Gasteiger partial charge >= 0.3 is 0 Å². The number of methoxy groups -OCH3 is 1. The van der Waals surface area contributed by atoms with Crippen LogP contribution in [0, 0.1) is 11.8 Å². The van der Waals surface area contributed by atoms with E-state index in [0.717, 1.165) is 12.8 Å². The fourth-order valence-electron chi connectivity index (χ4n) is 1.58. The first-order valence-corrected chi connectivity index (χ1v) is 5.14. The van der Waals surface area contributed by atoms with Crippen molar-refractivity contribution in [1.29, 1.82) is 0 Å². The van der Waals surface area contributed by atoms with Crippen molar-refractivity contribution in [2.45, 2.75) is 52.1 Å². The highest BCUT2D eigenvalue weighted by atomic mass is 16.5. The molecule has 0 aromatic rings. The molecule has 0 aromatic heterocycles. The molecule has 0 amide bonds. The van der Waals surface area contributed by atoms with Gasteiger partial charge in [-0.25, -0.2) is 0 Å². The molecule has 0 aliphatic heterocycles. The molecule has 0 saturated carbocycles. The molecule has 2 heteroatoms. The Labute approximate surface area is 87.0 Å². The summed E-state index contributed by atoms with van der Waals surface area (Å²) >= 11 is 0. The molecule has 14 heavy (non-hydrogen) atoms. The number of hydrogen-bond acceptors (Lipinski definition) is 2. The molecule has 0 N–H and O–H groups in total. The lowest BCUT2D eigenvalue weighted by Crippen LogP contribution is -2.39. The number of carbonyl (C=O) groups excluding carboxylic acids is 1. The molecule has 0 radical (unpaired) electrons. The van der Waals surface area contributed by atoms with Gasteiger partial charge in [-0.2, -0.15) is 0 Å². The predicted octanol–water partition coefficient (Wildman–Crippen LogP) is 2.56. The normalized spacial score (nSPS) is 10.6. The lowest BCUT2D eigenvalue weighted by Gasteiger charge is -2.28. The second-order valence-electron chi connectivity index (χ2n) is 3.26. The monoisotopic (exact) mass is 196 g/mol. The Hall–Kier alpha value is -0.810. The number of carbonyl (C=O) groups is 1. The topological polar surface area (TPSA) is 26.3 Å². The van der Waals surface area contributed by atoms with Crippen molar-refractivity contribution in [2.24, 2.45) is 0 Å². The van der Waals surface area contributed by atoms with Gasteiger partial charge in [0.15, 0.2) is 5.78 Å². The van der Waals surface area contributed by atoms with Gasteiger partial charge in [0.1, 0.15) is 5.60 Å². The zero-order valence-corrected chi connectivity index (χ0v) is 9.64. The van der Waals surface area contributed by atoms with Crippen molar-refractivity contribution in [3.05, 3.63) is 0 Å². The Kier molecular flexibility index (Phi) is 6.23. The maximum Gasteiger partial charge on any atom is 0.165 e. The molecule has 0 fully saturated rings. The van der Waals surface area contributed by atoms with E-state index in [1.54, 1.807) is 14.0 Å². The summed E-state index contributed by atoms with van der Waals surface area (Å²) in [6.07, 6.45) is 2.60. The summed E-state index contributed by atoms with van der Waals surface area (Å²) in [4.78, 5) is 11.8. The second kappa shape index (κ2) is 6.62. The number of hydrogen-bond donors (Lipinski definition) is 0. The molecular formula is C12H20O2. The highest BCUT2D eigenvalue weighted by Crippen LogP contribution is 2.22. The van der Waals surface area contributed by atoms with Gasteiger partial charge in [-0.15, -0.1) is 11.8 Å². The van der Waals surface area contributed by atoms with Gasteiger partial charge in [0, 0.05) is 20.0 Å². The summed E-state index contributed by atoms with van der Waals surface area (Å²) in [5, 5.41) is 0. The van der Waals surface area contributed by atoms with Crippen LogP contribution in [0.4, 0.5) is 0 Å². The molecule has 0 aliphatic rings. The summed E-state index contributed by atoms with van der Waals surface area (Å²) in [5.41, 5.74) is -0.574. The van der Waals surface area contributed by atoms with Crippen LogP contribution in [0.3, 0.4) is 0 Å². The zero-order chi connectivity index (χ0) is 11.0. The Balaban J connectivity index is 4.34. The molecule has 0 atom stereocenters. The van der Waals surface area contributed by atoms with Gasteiger partial charge in [0.2, 0.25) is 0 Å². The minimum atomic E-state index is -0.574. The minimum Gasteiger partial charge on any atom is -0.370 e. The summed E-state index contributed by atoms with van der Waals surface area (Å²) < 4.78 is 5.33. The van der Waals surface area contributed by atoms with Crippen LogP contribution in [-0.4, -0.2) is 18.5 Å². The molecule has 0 saturated heterocycles. The molecule has 80 valence electrons. The van der Waals surface area contributed by atoms with Gasteiger partial charge < -0.3 is 4.74 Å². The number of ketones is 1. The molecule has 0 bridgehead atoms. The largest absolute Gasteiger partial charge is 0.370 e. The van der Waals surface area contributed by atoms with Gasteiger partial charge in [-0.1, -0.05) is 13.8 Å². The first-order chi connectivity index (χ1) is 6.66. The first-order valence-electron chi connectivity index (χ1n) is 5.14. The van der Waals surface area contributed by atoms with Crippen molar-refractivity contribution in [2.75, 3.05) is 7.11 Å². The third-order valence-corrected chi connectivity index (χ3v) is 2.69. The van der Waals surface area contributed by atoms with Gasteiger partial charge in [-0.3, -0.25) is 4.79 Å². The molecular weight excluding hydrogens is 176 g/mol. The van der Waals surface area contributed by atoms with E-state index >= 15 is 0 Å². The second-order valence-corrected chi connectivity index (χ2v) is 3.26. The molecule has 2 nitrogen and oxygen atoms in total. The average Bonchev–Trinajstić information content (AvgIpc) is 2.22. The van der Waals surface area contributed by atoms with Crippen molar-refractivity contribution in [3.8, 4) is 11.8 Å². The third kappa shape index (κ3) is 3.16. The highest BCUT2D eigenvalue weighted by Gasteiger charge is 2.33. The molecule has 0 heterocycles. The third-order valence-electron chi connectivity index (χ3n) is 2.69. The molecule has 0 spiro atoms. The van der Waals surface area contributed by atoms with Crippen LogP contribution in [0.15, 0.2) is 0 Å². The van der Waals surface area contributed by atoms with Crippen LogP contribution >= 0.6 is 0 Å². The van der Waals surface area contributed by atoms with Crippen molar-refractivity contribution < 1.29 is 9.53 Å². The maximum absolute atomic E-state index is 11.8. The Morgan fingerprint density at radius 1 is 1.36 bits per heavy atom. The molecule has 0 rings (SSSR count). The smallest absolute Gasteiger partial charge is 0.165 e. The van der Waals surface area contributed by atoms with Crippen LogP contribution in [0.25, 0.3) is 0 Å². The first kappa shape index (κ1) is 13.2. The van der Waals surface area contributed by atoms with E-state index in [1.807, 2.05) is 13.8 Å². The molecule has 0 unspecified atom stereocenters. The maximum atomic E-state index is 11.8. The van der Waals surface area contributed by atoms with Crippen molar-refractivity contribution in [3.63, 3.8) is 0 Å². The van der Waals surface area contributed by atoms with Crippen molar-refractivity contribution in [1.82, 2.24) is 0 Å². The van der Waals surface area contributed by atoms with E-state index in [4.69, 9.17) is 4.74 Å². The summed E-state index contributed by atoms with van der Waals surface area (Å²) in [6.45, 7) is 5.75. The number of Topliss-reactive ketones (excluding diaryl/α,β-unsaturated/α-hetero) is 1. The van der Waals surface area contributed by atoms with E-state index in [9.17, 15) is 4.79 Å². The SMILES string of the molecule is CC#CCCC(=O)C(CC)(CC)OC. The van der Waals surface area contributed by atoms with E-state index in [2.05, 4.69) is 11.8 Å². The lowest BCUT2D eigenvalue weighted by molar-refractivity contribution is -0.141. The van der Waals surface area contributed by atoms with Gasteiger partial charge in [-0.05, 0) is 19.8 Å². The average molecular weight is 196 g/mol. The van der Waals surface area contributed by atoms with E-state index in [1.165, 1.54) is 0 Å². The Morgan fingerprint density at radius 3 is 2.29 bits per heavy atom. The molecule has 0 aromatic carbocycles. The van der Waals surface area contributed by atoms with E-state index in [0.29, 0.717) is 12.8 Å². The summed E-state index contributed by atoms with van der Waals surface area (Å²) in [5.74, 6) is 5.86. The van der Waals surface area contributed by atoms with Gasteiger partial charge in [0.25, 0.3) is 0 Å². The Morgan fingerprint density at radius 2 is 1.93 bits per heavy atom. The Bertz CT molecular complexity index is 220. The fourth-order valence-corrected chi connectivity index (χ4v) is 1.58. The van der Waals surface area contributed by atoms with Crippen LogP contribution in [0.1, 0.15) is 46.5 Å². The van der Waals surface area contributed by atoms with Crippen molar-refractivity contribution >= 4 is 5.78 Å². The fraction of sp³-hybridized carbons (Fsp3) is 0.750. The highest BCUT2D eigenvalue weighted by molar-refractivity contribution is 5.87. The molecule has 0 aliphatic carbocycles. The number of rotatable bonds is 6. The lowest BCUT2D eigenvalue weighted by atomic mass is 9.89.